The number of fused-ring (bicyclic) bond motifs is 1. The molecule has 0 fully saturated rings. The number of hydrogen-bond donors (Lipinski definition) is 6. The SMILES string of the molecule is Oc1c(-c2ccc[nH]2)ccnc1N=c1ncnc(Nc2nccc(-c3ccc[nH]3)c2O)c2c[nH]cc12. The number of hydrogen-bond acceptors (Lipinski definition) is 8. The highest BCUT2D eigenvalue weighted by Gasteiger charge is 2.15. The zero-order valence-electron chi connectivity index (χ0n) is 18.6. The number of aromatic hydroxyl groups is 2. The fourth-order valence-corrected chi connectivity index (χ4v) is 3.93. The van der Waals surface area contributed by atoms with Gasteiger partial charge in [-0.1, -0.05) is 0 Å². The molecule has 36 heavy (non-hydrogen) atoms. The molecule has 11 nitrogen and oxygen atoms in total. The molecule has 6 aromatic rings. The van der Waals surface area contributed by atoms with Gasteiger partial charge in [0, 0.05) is 70.5 Å². The van der Waals surface area contributed by atoms with Crippen molar-refractivity contribution >= 4 is 28.2 Å². The lowest BCUT2D eigenvalue weighted by Crippen LogP contribution is -2.04. The second-order valence-corrected chi connectivity index (χ2v) is 7.82. The Morgan fingerprint density at radius 2 is 1.42 bits per heavy atom. The highest BCUT2D eigenvalue weighted by atomic mass is 16.3. The first kappa shape index (κ1) is 21.1. The molecule has 6 rings (SSSR count). The van der Waals surface area contributed by atoms with E-state index in [0.29, 0.717) is 33.2 Å². The number of H-pyrrole nitrogens is 3. The summed E-state index contributed by atoms with van der Waals surface area (Å²) < 4.78 is 0. The Kier molecular flexibility index (Phi) is 5.11. The minimum Gasteiger partial charge on any atom is -0.504 e. The van der Waals surface area contributed by atoms with Gasteiger partial charge in [-0.2, -0.15) is 0 Å². The van der Waals surface area contributed by atoms with Crippen molar-refractivity contribution < 1.29 is 10.2 Å². The minimum absolute atomic E-state index is 0.0231. The average molecular weight is 477 g/mol. The van der Waals surface area contributed by atoms with E-state index in [1.165, 1.54) is 6.33 Å². The molecule has 0 aliphatic heterocycles. The molecular formula is C25H19N9O2. The van der Waals surface area contributed by atoms with Crippen molar-refractivity contribution in [3.05, 3.63) is 85.4 Å². The van der Waals surface area contributed by atoms with Crippen LogP contribution in [0.15, 0.2) is 84.9 Å². The number of anilines is 2. The molecule has 176 valence electrons. The minimum atomic E-state index is -0.0708. The molecule has 0 aromatic carbocycles. The lowest BCUT2D eigenvalue weighted by molar-refractivity contribution is 0.476. The van der Waals surface area contributed by atoms with Gasteiger partial charge in [0.15, 0.2) is 28.6 Å². The standard InChI is InChI=1S/C25H19N9O2/c35-20-14(18-3-1-7-27-18)5-9-29-24(20)33-22-16-11-26-12-17(16)23(32-13-31-22)34-25-21(36)15(6-10-30-25)19-4-2-8-28-19/h1-13,26-28,35-36H,(H,29,30,31,32,33,34). The van der Waals surface area contributed by atoms with Crippen LogP contribution >= 0.6 is 0 Å². The fourth-order valence-electron chi connectivity index (χ4n) is 3.93. The van der Waals surface area contributed by atoms with Crippen molar-refractivity contribution in [2.24, 2.45) is 4.99 Å². The summed E-state index contributed by atoms with van der Waals surface area (Å²) in [4.78, 5) is 31.0. The van der Waals surface area contributed by atoms with Crippen LogP contribution in [-0.2, 0) is 0 Å². The molecule has 6 heterocycles. The van der Waals surface area contributed by atoms with Gasteiger partial charge in [-0.3, -0.25) is 0 Å². The fraction of sp³-hybridized carbons (Fsp3) is 0. The molecule has 0 atom stereocenters. The smallest absolute Gasteiger partial charge is 0.197 e. The number of aromatic amines is 3. The van der Waals surface area contributed by atoms with Gasteiger partial charge in [0.05, 0.1) is 0 Å². The Morgan fingerprint density at radius 1 is 0.722 bits per heavy atom. The van der Waals surface area contributed by atoms with E-state index in [1.807, 2.05) is 24.3 Å². The normalized spacial score (nSPS) is 11.7. The van der Waals surface area contributed by atoms with E-state index in [0.717, 1.165) is 11.4 Å². The first-order valence-electron chi connectivity index (χ1n) is 11.0. The second kappa shape index (κ2) is 8.72. The van der Waals surface area contributed by atoms with E-state index in [2.05, 4.69) is 45.2 Å². The van der Waals surface area contributed by atoms with Crippen molar-refractivity contribution in [2.45, 2.75) is 0 Å². The van der Waals surface area contributed by atoms with Gasteiger partial charge in [0.2, 0.25) is 0 Å². The lowest BCUT2D eigenvalue weighted by atomic mass is 10.1. The van der Waals surface area contributed by atoms with Crippen molar-refractivity contribution in [1.82, 2.24) is 34.9 Å². The van der Waals surface area contributed by atoms with Gasteiger partial charge in [0.1, 0.15) is 12.1 Å². The summed E-state index contributed by atoms with van der Waals surface area (Å²) >= 11 is 0. The molecule has 0 bridgehead atoms. The van der Waals surface area contributed by atoms with Gasteiger partial charge in [0.25, 0.3) is 0 Å². The molecule has 11 heteroatoms. The Bertz CT molecular complexity index is 1740. The molecule has 0 unspecified atom stereocenters. The lowest BCUT2D eigenvalue weighted by Gasteiger charge is -2.09. The highest BCUT2D eigenvalue weighted by Crippen LogP contribution is 2.36. The van der Waals surface area contributed by atoms with Crippen molar-refractivity contribution in [3.8, 4) is 34.0 Å². The maximum atomic E-state index is 10.8. The topological polar surface area (TPSA) is 164 Å². The molecule has 6 aromatic heterocycles. The molecule has 0 radical (unpaired) electrons. The first-order chi connectivity index (χ1) is 17.7. The van der Waals surface area contributed by atoms with E-state index in [4.69, 9.17) is 0 Å². The maximum absolute atomic E-state index is 10.8. The molecule has 0 aliphatic rings. The van der Waals surface area contributed by atoms with Crippen LogP contribution in [0.4, 0.5) is 17.5 Å². The molecule has 6 N–H and O–H groups in total. The van der Waals surface area contributed by atoms with Crippen LogP contribution in [-0.4, -0.2) is 45.1 Å². The van der Waals surface area contributed by atoms with Crippen molar-refractivity contribution in [2.75, 3.05) is 5.32 Å². The van der Waals surface area contributed by atoms with Crippen LogP contribution in [0.5, 0.6) is 11.5 Å². The Morgan fingerprint density at radius 3 is 2.14 bits per heavy atom. The number of nitrogens with zero attached hydrogens (tertiary/aromatic N) is 5. The number of pyridine rings is 2. The average Bonchev–Trinajstić information content (AvgIpc) is 3.66. The summed E-state index contributed by atoms with van der Waals surface area (Å²) in [5, 5.41) is 26.0. The van der Waals surface area contributed by atoms with Crippen LogP contribution < -0.4 is 10.8 Å². The van der Waals surface area contributed by atoms with E-state index in [9.17, 15) is 10.2 Å². The molecule has 0 aliphatic carbocycles. The van der Waals surface area contributed by atoms with Crippen LogP contribution in [0.25, 0.3) is 33.3 Å². The zero-order chi connectivity index (χ0) is 24.5. The van der Waals surface area contributed by atoms with Gasteiger partial charge >= 0.3 is 0 Å². The number of nitrogens with one attached hydrogen (secondary N) is 4. The predicted octanol–water partition coefficient (Wildman–Crippen LogP) is 4.13. The van der Waals surface area contributed by atoms with Gasteiger partial charge in [-0.25, -0.2) is 24.9 Å². The number of aromatic nitrogens is 7. The number of rotatable bonds is 5. The van der Waals surface area contributed by atoms with E-state index in [1.54, 1.807) is 49.3 Å². The van der Waals surface area contributed by atoms with Crippen LogP contribution in [0.1, 0.15) is 0 Å². The molecule has 0 saturated heterocycles. The largest absolute Gasteiger partial charge is 0.504 e. The monoisotopic (exact) mass is 477 g/mol. The quantitative estimate of drug-likeness (QED) is 0.217. The third-order valence-electron chi connectivity index (χ3n) is 5.66. The molecule has 0 saturated carbocycles. The van der Waals surface area contributed by atoms with Crippen molar-refractivity contribution in [3.63, 3.8) is 0 Å². The highest BCUT2D eigenvalue weighted by molar-refractivity contribution is 5.92. The van der Waals surface area contributed by atoms with E-state index < -0.39 is 0 Å². The summed E-state index contributed by atoms with van der Waals surface area (Å²) in [6, 6.07) is 10.8. The van der Waals surface area contributed by atoms with Gasteiger partial charge in [-0.05, 0) is 36.4 Å². The van der Waals surface area contributed by atoms with Gasteiger partial charge < -0.3 is 30.5 Å². The summed E-state index contributed by atoms with van der Waals surface area (Å²) in [6.45, 7) is 0. The van der Waals surface area contributed by atoms with Crippen LogP contribution in [0, 0.1) is 0 Å². The zero-order valence-corrected chi connectivity index (χ0v) is 18.6. The molecular weight excluding hydrogens is 458 g/mol. The first-order valence-corrected chi connectivity index (χ1v) is 11.0. The van der Waals surface area contributed by atoms with Crippen LogP contribution in [0.2, 0.25) is 0 Å². The molecule has 0 spiro atoms. The third kappa shape index (κ3) is 3.70. The molecule has 0 amide bonds. The summed E-state index contributed by atoms with van der Waals surface area (Å²) in [6.07, 6.45) is 11.5. The van der Waals surface area contributed by atoms with E-state index in [-0.39, 0.29) is 23.1 Å². The Balaban J connectivity index is 1.44. The maximum Gasteiger partial charge on any atom is 0.197 e. The third-order valence-corrected chi connectivity index (χ3v) is 5.66. The second-order valence-electron chi connectivity index (χ2n) is 7.82. The van der Waals surface area contributed by atoms with Crippen LogP contribution in [0.3, 0.4) is 0 Å². The van der Waals surface area contributed by atoms with Crippen molar-refractivity contribution in [1.29, 1.82) is 0 Å². The van der Waals surface area contributed by atoms with Gasteiger partial charge in [-0.15, -0.1) is 0 Å². The Labute approximate surface area is 203 Å². The Hall–Kier alpha value is -5.45. The predicted molar refractivity (Wildman–Crippen MR) is 134 cm³/mol. The summed E-state index contributed by atoms with van der Waals surface area (Å²) in [5.41, 5.74) is 2.97. The summed E-state index contributed by atoms with van der Waals surface area (Å²) in [5.74, 6) is 0.669. The summed E-state index contributed by atoms with van der Waals surface area (Å²) in [7, 11) is 0. The van der Waals surface area contributed by atoms with E-state index >= 15 is 0 Å².